The van der Waals surface area contributed by atoms with E-state index in [0.717, 1.165) is 5.56 Å². The highest BCUT2D eigenvalue weighted by Gasteiger charge is 2.10. The van der Waals surface area contributed by atoms with E-state index in [0.29, 0.717) is 18.0 Å². The fourth-order valence-corrected chi connectivity index (χ4v) is 1.34. The molecule has 0 aliphatic rings. The standard InChI is InChI=1S/C11H16N4O2/c1-3-17-8-6-4-5-7(2)9(8)14-11(16)15-10(12)13/h4-6H,3H2,1-2H3,(H5,12,13,14,15,16). The maximum Gasteiger partial charge on any atom is 0.326 e. The first kappa shape index (κ1) is 12.8. The molecule has 0 aliphatic carbocycles. The minimum Gasteiger partial charge on any atom is -0.492 e. The number of hydrogen-bond donors (Lipinski definition) is 4. The van der Waals surface area contributed by atoms with Gasteiger partial charge >= 0.3 is 6.03 Å². The van der Waals surface area contributed by atoms with Gasteiger partial charge in [-0.1, -0.05) is 12.1 Å². The van der Waals surface area contributed by atoms with Crippen LogP contribution in [0.1, 0.15) is 12.5 Å². The molecule has 2 amide bonds. The van der Waals surface area contributed by atoms with Crippen LogP contribution in [0, 0.1) is 12.3 Å². The summed E-state index contributed by atoms with van der Waals surface area (Å²) in [6.07, 6.45) is 0. The second kappa shape index (κ2) is 5.74. The van der Waals surface area contributed by atoms with E-state index in [9.17, 15) is 4.79 Å². The Kier molecular flexibility index (Phi) is 4.33. The summed E-state index contributed by atoms with van der Waals surface area (Å²) in [4.78, 5) is 11.4. The van der Waals surface area contributed by atoms with Gasteiger partial charge < -0.3 is 15.8 Å². The van der Waals surface area contributed by atoms with Gasteiger partial charge in [0.15, 0.2) is 5.96 Å². The van der Waals surface area contributed by atoms with Crippen molar-refractivity contribution in [3.63, 3.8) is 0 Å². The van der Waals surface area contributed by atoms with Crippen LogP contribution in [0.15, 0.2) is 18.2 Å². The molecular weight excluding hydrogens is 220 g/mol. The number of aryl methyl sites for hydroxylation is 1. The van der Waals surface area contributed by atoms with Crippen LogP contribution in [0.5, 0.6) is 5.75 Å². The van der Waals surface area contributed by atoms with Gasteiger partial charge in [-0.15, -0.1) is 0 Å². The van der Waals surface area contributed by atoms with Crippen molar-refractivity contribution in [2.24, 2.45) is 5.73 Å². The second-order valence-corrected chi connectivity index (χ2v) is 3.37. The maximum absolute atomic E-state index is 11.4. The van der Waals surface area contributed by atoms with Crippen LogP contribution in [0.3, 0.4) is 0 Å². The lowest BCUT2D eigenvalue weighted by atomic mass is 10.2. The molecule has 5 N–H and O–H groups in total. The minimum atomic E-state index is -0.562. The van der Waals surface area contributed by atoms with E-state index in [-0.39, 0.29) is 0 Å². The molecule has 0 saturated carbocycles. The summed E-state index contributed by atoms with van der Waals surface area (Å²) in [6, 6.07) is 4.90. The molecule has 0 aliphatic heterocycles. The number of carbonyl (C=O) groups is 1. The van der Waals surface area contributed by atoms with Crippen molar-refractivity contribution in [1.82, 2.24) is 5.32 Å². The van der Waals surface area contributed by atoms with Gasteiger partial charge in [-0.3, -0.25) is 10.7 Å². The Labute approximate surface area is 99.7 Å². The summed E-state index contributed by atoms with van der Waals surface area (Å²) in [5, 5.41) is 11.7. The van der Waals surface area contributed by atoms with Gasteiger partial charge in [-0.05, 0) is 25.5 Å². The molecule has 0 saturated heterocycles. The summed E-state index contributed by atoms with van der Waals surface area (Å²) in [5.41, 5.74) is 6.51. The number of anilines is 1. The highest BCUT2D eigenvalue weighted by Crippen LogP contribution is 2.27. The van der Waals surface area contributed by atoms with E-state index in [2.05, 4.69) is 10.6 Å². The predicted molar refractivity (Wildman–Crippen MR) is 66.4 cm³/mol. The average Bonchev–Trinajstić information content (AvgIpc) is 2.22. The second-order valence-electron chi connectivity index (χ2n) is 3.37. The van der Waals surface area contributed by atoms with Crippen LogP contribution in [0.2, 0.25) is 0 Å². The first-order chi connectivity index (χ1) is 8.04. The van der Waals surface area contributed by atoms with Gasteiger partial charge in [0.2, 0.25) is 0 Å². The molecule has 1 rings (SSSR count). The van der Waals surface area contributed by atoms with Crippen LogP contribution in [0.4, 0.5) is 10.5 Å². The summed E-state index contributed by atoms with van der Waals surface area (Å²) >= 11 is 0. The molecule has 0 bridgehead atoms. The molecule has 0 spiro atoms. The number of urea groups is 1. The average molecular weight is 236 g/mol. The molecule has 17 heavy (non-hydrogen) atoms. The van der Waals surface area contributed by atoms with Crippen LogP contribution in [-0.4, -0.2) is 18.6 Å². The SMILES string of the molecule is CCOc1cccc(C)c1NC(=O)NC(=N)N. The molecule has 6 nitrogen and oxygen atoms in total. The fraction of sp³-hybridized carbons (Fsp3) is 0.273. The lowest BCUT2D eigenvalue weighted by Crippen LogP contribution is -2.38. The largest absolute Gasteiger partial charge is 0.492 e. The number of guanidine groups is 1. The van der Waals surface area contributed by atoms with E-state index in [4.69, 9.17) is 15.9 Å². The number of amides is 2. The third-order valence-electron chi connectivity index (χ3n) is 2.02. The van der Waals surface area contributed by atoms with Crippen molar-refractivity contribution in [2.75, 3.05) is 11.9 Å². The molecule has 0 aromatic heterocycles. The maximum atomic E-state index is 11.4. The van der Waals surface area contributed by atoms with Gasteiger partial charge in [0.25, 0.3) is 0 Å². The van der Waals surface area contributed by atoms with E-state index < -0.39 is 12.0 Å². The lowest BCUT2D eigenvalue weighted by molar-refractivity contribution is 0.255. The number of para-hydroxylation sites is 1. The molecule has 0 atom stereocenters. The monoisotopic (exact) mass is 236 g/mol. The van der Waals surface area contributed by atoms with Gasteiger partial charge in [0.05, 0.1) is 12.3 Å². The fourth-order valence-electron chi connectivity index (χ4n) is 1.34. The van der Waals surface area contributed by atoms with Crippen LogP contribution in [0.25, 0.3) is 0 Å². The predicted octanol–water partition coefficient (Wildman–Crippen LogP) is 1.41. The molecule has 0 unspecified atom stereocenters. The highest BCUT2D eigenvalue weighted by atomic mass is 16.5. The molecular formula is C11H16N4O2. The first-order valence-electron chi connectivity index (χ1n) is 5.19. The first-order valence-corrected chi connectivity index (χ1v) is 5.19. The Morgan fingerprint density at radius 2 is 2.24 bits per heavy atom. The number of hydrogen-bond acceptors (Lipinski definition) is 3. The van der Waals surface area contributed by atoms with E-state index in [1.807, 2.05) is 26.0 Å². The molecule has 0 radical (unpaired) electrons. The molecule has 6 heteroatoms. The number of ether oxygens (including phenoxy) is 1. The zero-order valence-electron chi connectivity index (χ0n) is 9.83. The number of nitrogens with two attached hydrogens (primary N) is 1. The molecule has 92 valence electrons. The Morgan fingerprint density at radius 3 is 2.82 bits per heavy atom. The minimum absolute atomic E-state index is 0.408. The van der Waals surface area contributed by atoms with E-state index in [1.165, 1.54) is 0 Å². The van der Waals surface area contributed by atoms with Crippen molar-refractivity contribution >= 4 is 17.7 Å². The zero-order valence-corrected chi connectivity index (χ0v) is 9.83. The normalized spacial score (nSPS) is 9.53. The summed E-state index contributed by atoms with van der Waals surface area (Å²) < 4.78 is 5.40. The van der Waals surface area contributed by atoms with E-state index >= 15 is 0 Å². The topological polar surface area (TPSA) is 100 Å². The Morgan fingerprint density at radius 1 is 1.53 bits per heavy atom. The molecule has 1 aromatic carbocycles. The van der Waals surface area contributed by atoms with Crippen LogP contribution < -0.4 is 21.1 Å². The van der Waals surface area contributed by atoms with Crippen molar-refractivity contribution < 1.29 is 9.53 Å². The number of nitrogens with one attached hydrogen (secondary N) is 3. The number of rotatable bonds is 3. The number of carbonyl (C=O) groups excluding carboxylic acids is 1. The molecule has 0 heterocycles. The summed E-state index contributed by atoms with van der Waals surface area (Å²) in [7, 11) is 0. The van der Waals surface area contributed by atoms with Gasteiger partial charge in [0, 0.05) is 0 Å². The van der Waals surface area contributed by atoms with Crippen molar-refractivity contribution in [1.29, 1.82) is 5.41 Å². The highest BCUT2D eigenvalue weighted by molar-refractivity contribution is 6.01. The summed E-state index contributed by atoms with van der Waals surface area (Å²) in [5.74, 6) is 0.181. The quantitative estimate of drug-likeness (QED) is 0.471. The Bertz CT molecular complexity index is 431. The molecule has 1 aromatic rings. The van der Waals surface area contributed by atoms with Gasteiger partial charge in [0.1, 0.15) is 5.75 Å². The van der Waals surface area contributed by atoms with Gasteiger partial charge in [-0.25, -0.2) is 4.79 Å². The lowest BCUT2D eigenvalue weighted by Gasteiger charge is -2.14. The Balaban J connectivity index is 2.88. The third kappa shape index (κ3) is 3.67. The smallest absolute Gasteiger partial charge is 0.326 e. The third-order valence-corrected chi connectivity index (χ3v) is 2.02. The van der Waals surface area contributed by atoms with Crippen molar-refractivity contribution in [3.05, 3.63) is 23.8 Å². The van der Waals surface area contributed by atoms with Crippen molar-refractivity contribution in [3.8, 4) is 5.75 Å². The number of benzene rings is 1. The zero-order chi connectivity index (χ0) is 12.8. The molecule has 0 fully saturated rings. The van der Waals surface area contributed by atoms with Gasteiger partial charge in [-0.2, -0.15) is 0 Å². The van der Waals surface area contributed by atoms with Crippen LogP contribution in [-0.2, 0) is 0 Å². The summed E-state index contributed by atoms with van der Waals surface area (Å²) in [6.45, 7) is 4.22. The van der Waals surface area contributed by atoms with Crippen molar-refractivity contribution in [2.45, 2.75) is 13.8 Å². The van der Waals surface area contributed by atoms with E-state index in [1.54, 1.807) is 6.07 Å². The Hall–Kier alpha value is -2.24. The van der Waals surface area contributed by atoms with Crippen LogP contribution >= 0.6 is 0 Å².